The van der Waals surface area contributed by atoms with E-state index in [-0.39, 0.29) is 18.1 Å². The average Bonchev–Trinajstić information content (AvgIpc) is 2.39. The number of pyridine rings is 1. The fourth-order valence-corrected chi connectivity index (χ4v) is 2.23. The largest absolute Gasteiger partial charge is 0.373 e. The van der Waals surface area contributed by atoms with Gasteiger partial charge >= 0.3 is 0 Å². The molecule has 1 aliphatic rings. The van der Waals surface area contributed by atoms with E-state index < -0.39 is 0 Å². The van der Waals surface area contributed by atoms with Gasteiger partial charge in [-0.2, -0.15) is 0 Å². The summed E-state index contributed by atoms with van der Waals surface area (Å²) in [5.41, 5.74) is 1.41. The highest BCUT2D eigenvalue weighted by Crippen LogP contribution is 2.17. The molecule has 2 unspecified atom stereocenters. The second-order valence-electron chi connectivity index (χ2n) is 4.59. The number of nitrogens with zero attached hydrogens (tertiary/aromatic N) is 2. The van der Waals surface area contributed by atoms with Crippen LogP contribution in [0.15, 0.2) is 18.3 Å². The molecular formula is C13H17ClN2O2. The Labute approximate surface area is 112 Å². The molecule has 98 valence electrons. The van der Waals surface area contributed by atoms with Gasteiger partial charge in [0.1, 0.15) is 5.69 Å². The van der Waals surface area contributed by atoms with Crippen molar-refractivity contribution in [1.82, 2.24) is 9.88 Å². The Morgan fingerprint density at radius 3 is 3.11 bits per heavy atom. The molecule has 1 fully saturated rings. The lowest BCUT2D eigenvalue weighted by Gasteiger charge is -2.37. The molecule has 0 saturated carbocycles. The lowest BCUT2D eigenvalue weighted by molar-refractivity contribution is -0.0374. The molecule has 18 heavy (non-hydrogen) atoms. The molecule has 4 nitrogen and oxygen atoms in total. The van der Waals surface area contributed by atoms with E-state index in [0.29, 0.717) is 24.7 Å². The zero-order valence-corrected chi connectivity index (χ0v) is 11.4. The molecule has 1 aromatic heterocycles. The van der Waals surface area contributed by atoms with Gasteiger partial charge in [0.25, 0.3) is 5.91 Å². The van der Waals surface area contributed by atoms with Crippen LogP contribution in [0.4, 0.5) is 0 Å². The first kappa shape index (κ1) is 13.3. The van der Waals surface area contributed by atoms with Crippen molar-refractivity contribution in [2.75, 3.05) is 19.0 Å². The molecule has 5 heteroatoms. The average molecular weight is 269 g/mol. The van der Waals surface area contributed by atoms with Crippen LogP contribution in [-0.2, 0) is 4.74 Å². The van der Waals surface area contributed by atoms with E-state index in [2.05, 4.69) is 4.98 Å². The maximum absolute atomic E-state index is 12.5. The maximum atomic E-state index is 12.5. The molecule has 0 N–H and O–H groups in total. The van der Waals surface area contributed by atoms with Crippen molar-refractivity contribution in [2.24, 2.45) is 0 Å². The summed E-state index contributed by atoms with van der Waals surface area (Å²) in [7, 11) is 0. The van der Waals surface area contributed by atoms with Crippen molar-refractivity contribution < 1.29 is 9.53 Å². The first-order valence-corrected chi connectivity index (χ1v) is 6.57. The number of hydrogen-bond acceptors (Lipinski definition) is 3. The van der Waals surface area contributed by atoms with Gasteiger partial charge in [0.15, 0.2) is 0 Å². The summed E-state index contributed by atoms with van der Waals surface area (Å²) in [5, 5.41) is 0. The van der Waals surface area contributed by atoms with Gasteiger partial charge in [-0.25, -0.2) is 0 Å². The molecule has 1 aromatic rings. The van der Waals surface area contributed by atoms with E-state index in [4.69, 9.17) is 16.3 Å². The quantitative estimate of drug-likeness (QED) is 0.769. The Balaban J connectivity index is 2.19. The van der Waals surface area contributed by atoms with Crippen molar-refractivity contribution in [1.29, 1.82) is 0 Å². The number of amides is 1. The fourth-order valence-electron chi connectivity index (χ4n) is 2.04. The number of halogens is 1. The maximum Gasteiger partial charge on any atom is 0.273 e. The number of aryl methyl sites for hydroxylation is 1. The second-order valence-corrected chi connectivity index (χ2v) is 4.89. The third kappa shape index (κ3) is 2.65. The summed E-state index contributed by atoms with van der Waals surface area (Å²) >= 11 is 5.80. The summed E-state index contributed by atoms with van der Waals surface area (Å²) in [6.07, 6.45) is 1.56. The predicted octanol–water partition coefficient (Wildman–Crippen LogP) is 1.86. The smallest absolute Gasteiger partial charge is 0.273 e. The molecule has 0 radical (unpaired) electrons. The normalized spacial score (nSPS) is 24.1. The first-order chi connectivity index (χ1) is 8.63. The highest BCUT2D eigenvalue weighted by Gasteiger charge is 2.30. The molecule has 1 amide bonds. The Morgan fingerprint density at radius 1 is 1.67 bits per heavy atom. The summed E-state index contributed by atoms with van der Waals surface area (Å²) in [6.45, 7) is 4.92. The van der Waals surface area contributed by atoms with Crippen molar-refractivity contribution in [2.45, 2.75) is 26.0 Å². The molecular weight excluding hydrogens is 252 g/mol. The minimum Gasteiger partial charge on any atom is -0.373 e. The monoisotopic (exact) mass is 268 g/mol. The standard InChI is InChI=1S/C13H17ClN2O2/c1-9-4-3-5-15-12(9)13(17)16-7-11(6-14)18-8-10(16)2/h3-5,10-11H,6-8H2,1-2H3. The second kappa shape index (κ2) is 5.67. The van der Waals surface area contributed by atoms with E-state index in [1.165, 1.54) is 0 Å². The van der Waals surface area contributed by atoms with Crippen molar-refractivity contribution >= 4 is 17.5 Å². The molecule has 0 aliphatic carbocycles. The van der Waals surface area contributed by atoms with Gasteiger partial charge in [-0.05, 0) is 25.5 Å². The number of alkyl halides is 1. The van der Waals surface area contributed by atoms with Crippen LogP contribution in [0.5, 0.6) is 0 Å². The van der Waals surface area contributed by atoms with Gasteiger partial charge in [-0.15, -0.1) is 11.6 Å². The van der Waals surface area contributed by atoms with Crippen LogP contribution in [0.1, 0.15) is 23.0 Å². The topological polar surface area (TPSA) is 42.4 Å². The Morgan fingerprint density at radius 2 is 2.44 bits per heavy atom. The SMILES string of the molecule is Cc1cccnc1C(=O)N1CC(CCl)OCC1C. The molecule has 1 saturated heterocycles. The van der Waals surface area contributed by atoms with Gasteiger partial charge in [0, 0.05) is 12.7 Å². The zero-order chi connectivity index (χ0) is 13.1. The molecule has 2 heterocycles. The van der Waals surface area contributed by atoms with Crippen molar-refractivity contribution in [3.63, 3.8) is 0 Å². The number of carbonyl (C=O) groups is 1. The Kier molecular flexibility index (Phi) is 4.19. The predicted molar refractivity (Wildman–Crippen MR) is 69.9 cm³/mol. The lowest BCUT2D eigenvalue weighted by atomic mass is 10.1. The summed E-state index contributed by atoms with van der Waals surface area (Å²) < 4.78 is 5.54. The highest BCUT2D eigenvalue weighted by atomic mass is 35.5. The van der Waals surface area contributed by atoms with E-state index in [0.717, 1.165) is 5.56 Å². The molecule has 1 aliphatic heterocycles. The number of carbonyl (C=O) groups excluding carboxylic acids is 1. The molecule has 0 bridgehead atoms. The van der Waals surface area contributed by atoms with Crippen LogP contribution in [0.3, 0.4) is 0 Å². The van der Waals surface area contributed by atoms with E-state index in [9.17, 15) is 4.79 Å². The molecule has 2 rings (SSSR count). The number of aromatic nitrogens is 1. The number of rotatable bonds is 2. The van der Waals surface area contributed by atoms with Crippen LogP contribution in [0, 0.1) is 6.92 Å². The summed E-state index contributed by atoms with van der Waals surface area (Å²) in [4.78, 5) is 18.4. The van der Waals surface area contributed by atoms with Gasteiger partial charge in [-0.1, -0.05) is 6.07 Å². The van der Waals surface area contributed by atoms with Crippen LogP contribution in [0.2, 0.25) is 0 Å². The molecule has 2 atom stereocenters. The fraction of sp³-hybridized carbons (Fsp3) is 0.538. The number of ether oxygens (including phenoxy) is 1. The van der Waals surface area contributed by atoms with Gasteiger partial charge < -0.3 is 9.64 Å². The van der Waals surface area contributed by atoms with Crippen LogP contribution >= 0.6 is 11.6 Å². The van der Waals surface area contributed by atoms with Crippen molar-refractivity contribution in [3.8, 4) is 0 Å². The van der Waals surface area contributed by atoms with Gasteiger partial charge in [0.05, 0.1) is 24.6 Å². The Bertz CT molecular complexity index is 439. The summed E-state index contributed by atoms with van der Waals surface area (Å²) in [5.74, 6) is 0.358. The molecule has 0 aromatic carbocycles. The van der Waals surface area contributed by atoms with Gasteiger partial charge in [0.2, 0.25) is 0 Å². The lowest BCUT2D eigenvalue weighted by Crippen LogP contribution is -2.51. The third-order valence-electron chi connectivity index (χ3n) is 3.15. The summed E-state index contributed by atoms with van der Waals surface area (Å²) in [6, 6.07) is 3.78. The van der Waals surface area contributed by atoms with Crippen molar-refractivity contribution in [3.05, 3.63) is 29.6 Å². The minimum atomic E-state index is -0.0872. The first-order valence-electron chi connectivity index (χ1n) is 6.03. The van der Waals surface area contributed by atoms with Crippen LogP contribution in [-0.4, -0.2) is 47.0 Å². The minimum absolute atomic E-state index is 0.0426. The van der Waals surface area contributed by atoms with E-state index in [1.54, 1.807) is 11.1 Å². The zero-order valence-electron chi connectivity index (χ0n) is 10.6. The van der Waals surface area contributed by atoms with Crippen LogP contribution < -0.4 is 0 Å². The van der Waals surface area contributed by atoms with Gasteiger partial charge in [-0.3, -0.25) is 9.78 Å². The number of hydrogen-bond donors (Lipinski definition) is 0. The van der Waals surface area contributed by atoms with E-state index >= 15 is 0 Å². The van der Waals surface area contributed by atoms with E-state index in [1.807, 2.05) is 26.0 Å². The third-order valence-corrected chi connectivity index (χ3v) is 3.49. The van der Waals surface area contributed by atoms with Crippen LogP contribution in [0.25, 0.3) is 0 Å². The molecule has 0 spiro atoms. The Hall–Kier alpha value is -1.13. The highest BCUT2D eigenvalue weighted by molar-refractivity contribution is 6.18. The number of morpholine rings is 1.